The van der Waals surface area contributed by atoms with Crippen LogP contribution < -0.4 is 5.46 Å². The topological polar surface area (TPSA) is 0 Å². The molecule has 0 aromatic heterocycles. The van der Waals surface area contributed by atoms with Gasteiger partial charge in [0.05, 0.1) is 0 Å². The quantitative estimate of drug-likeness (QED) is 0.275. The maximum absolute atomic E-state index is 5.68. The van der Waals surface area contributed by atoms with Gasteiger partial charge in [-0.3, -0.25) is 0 Å². The molecule has 0 unspecified atom stereocenters. The number of benzene rings is 1. The zero-order chi connectivity index (χ0) is 19.2. The molecule has 25 heavy (non-hydrogen) atoms. The average Bonchev–Trinajstić information content (AvgIpc) is 2.64. The first-order valence-electron chi connectivity index (χ1n) is 11.3. The predicted molar refractivity (Wildman–Crippen MR) is 124 cm³/mol. The number of hydrogen-bond acceptors (Lipinski definition) is 0. The number of hydrogen-bond donors (Lipinski definition) is 0. The van der Waals surface area contributed by atoms with Gasteiger partial charge >= 0.3 is 0 Å². The van der Waals surface area contributed by atoms with Crippen molar-refractivity contribution < 1.29 is 0 Å². The van der Waals surface area contributed by atoms with Crippen LogP contribution in [0.5, 0.6) is 0 Å². The maximum Gasteiger partial charge on any atom is 0.0403 e. The lowest BCUT2D eigenvalue weighted by molar-refractivity contribution is 0.624. The van der Waals surface area contributed by atoms with Gasteiger partial charge in [-0.25, -0.2) is 5.46 Å². The van der Waals surface area contributed by atoms with Gasteiger partial charge in [-0.1, -0.05) is 128 Å². The molecule has 0 heterocycles. The van der Waals surface area contributed by atoms with E-state index in [2.05, 4.69) is 46.7 Å². The first kappa shape index (κ1) is 26.8. The van der Waals surface area contributed by atoms with Gasteiger partial charge in [0.1, 0.15) is 0 Å². The highest BCUT2D eigenvalue weighted by molar-refractivity contribution is 6.52. The second kappa shape index (κ2) is 23.6. The van der Waals surface area contributed by atoms with E-state index < -0.39 is 0 Å². The molecule has 0 aliphatic heterocycles. The SMILES string of the molecule is CCCCCCCC.CCCCCCCC.C[BH2-]c1ccc(Cl)cc1. The highest BCUT2D eigenvalue weighted by atomic mass is 35.5. The molecule has 0 N–H and O–H groups in total. The van der Waals surface area contributed by atoms with Gasteiger partial charge in [-0.2, -0.15) is 6.82 Å². The van der Waals surface area contributed by atoms with Gasteiger partial charge < -0.3 is 0 Å². The third-order valence-corrected chi connectivity index (χ3v) is 4.75. The van der Waals surface area contributed by atoms with Gasteiger partial charge in [0.15, 0.2) is 0 Å². The predicted octanol–water partition coefficient (Wildman–Crippen LogP) is 7.92. The summed E-state index contributed by atoms with van der Waals surface area (Å²) in [5.74, 6) is 0. The molecule has 0 bridgehead atoms. The van der Waals surface area contributed by atoms with E-state index in [9.17, 15) is 0 Å². The Balaban J connectivity index is 0. The minimum Gasteiger partial charge on any atom is -0.217 e. The summed E-state index contributed by atoms with van der Waals surface area (Å²) in [6, 6.07) is 8.10. The van der Waals surface area contributed by atoms with E-state index in [4.69, 9.17) is 11.6 Å². The third kappa shape index (κ3) is 23.6. The van der Waals surface area contributed by atoms with E-state index in [1.807, 2.05) is 12.1 Å². The van der Waals surface area contributed by atoms with Crippen LogP contribution in [-0.2, 0) is 0 Å². The molecule has 0 nitrogen and oxygen atoms in total. The Hall–Kier alpha value is -0.425. The summed E-state index contributed by atoms with van der Waals surface area (Å²) in [4.78, 5) is 0. The zero-order valence-electron chi connectivity index (χ0n) is 18.2. The van der Waals surface area contributed by atoms with Crippen LogP contribution in [0.15, 0.2) is 24.3 Å². The molecule has 1 aromatic carbocycles. The van der Waals surface area contributed by atoms with Gasteiger partial charge in [0.25, 0.3) is 0 Å². The summed E-state index contributed by atoms with van der Waals surface area (Å²) in [5.41, 5.74) is 1.46. The molecule has 1 rings (SSSR count). The Morgan fingerprint density at radius 2 is 0.920 bits per heavy atom. The Kier molecular flexibility index (Phi) is 25.3. The standard InChI is InChI=1S/2C8H18.C7H9BCl/c2*1-3-5-7-8-6-4-2;1-8-6-2-4-7(9)5-3-6/h2*3-8H2,1-2H3;2-5H,8H2,1H3/q;;-1. The number of unbranched alkanes of at least 4 members (excludes halogenated alkanes) is 10. The van der Waals surface area contributed by atoms with Crippen molar-refractivity contribution in [2.24, 2.45) is 0 Å². The summed E-state index contributed by atoms with van der Waals surface area (Å²) < 4.78 is 0. The number of halogens is 1. The Labute approximate surface area is 165 Å². The van der Waals surface area contributed by atoms with E-state index in [0.717, 1.165) is 5.02 Å². The first-order valence-corrected chi connectivity index (χ1v) is 11.7. The van der Waals surface area contributed by atoms with Crippen LogP contribution in [0.2, 0.25) is 11.8 Å². The van der Waals surface area contributed by atoms with E-state index >= 15 is 0 Å². The fourth-order valence-corrected chi connectivity index (χ4v) is 2.70. The van der Waals surface area contributed by atoms with Gasteiger partial charge in [-0.05, 0) is 19.4 Å². The minimum absolute atomic E-state index is 0.123. The van der Waals surface area contributed by atoms with Gasteiger partial charge in [0.2, 0.25) is 0 Å². The molecule has 0 radical (unpaired) electrons. The van der Waals surface area contributed by atoms with Crippen molar-refractivity contribution >= 4 is 24.3 Å². The molecular formula is C23H45BCl-. The van der Waals surface area contributed by atoms with Crippen LogP contribution >= 0.6 is 11.6 Å². The molecule has 0 saturated heterocycles. The summed E-state index contributed by atoms with van der Waals surface area (Å²) in [7, 11) is 0.123. The Morgan fingerprint density at radius 1 is 0.600 bits per heavy atom. The van der Waals surface area contributed by atoms with Crippen molar-refractivity contribution in [1.29, 1.82) is 0 Å². The van der Waals surface area contributed by atoms with Crippen LogP contribution in [0, 0.1) is 0 Å². The summed E-state index contributed by atoms with van der Waals surface area (Å²) in [6.45, 7) is 11.3. The Bertz CT molecular complexity index is 310. The maximum atomic E-state index is 5.68. The summed E-state index contributed by atoms with van der Waals surface area (Å²) in [5, 5.41) is 0.832. The molecular weight excluding hydrogens is 323 g/mol. The van der Waals surface area contributed by atoms with Gasteiger partial charge in [-0.15, -0.1) is 0 Å². The normalized spacial score (nSPS) is 9.68. The largest absolute Gasteiger partial charge is 0.217 e. The monoisotopic (exact) mass is 367 g/mol. The van der Waals surface area contributed by atoms with Crippen molar-refractivity contribution in [2.45, 2.75) is 112 Å². The fraction of sp³-hybridized carbons (Fsp3) is 0.739. The van der Waals surface area contributed by atoms with Crippen LogP contribution in [0.25, 0.3) is 0 Å². The second-order valence-corrected chi connectivity index (χ2v) is 7.56. The molecule has 1 aromatic rings. The van der Waals surface area contributed by atoms with Crippen molar-refractivity contribution in [1.82, 2.24) is 0 Å². The van der Waals surface area contributed by atoms with E-state index in [1.54, 1.807) is 0 Å². The number of rotatable bonds is 11. The van der Waals surface area contributed by atoms with E-state index in [-0.39, 0.29) is 7.28 Å². The highest BCUT2D eigenvalue weighted by Gasteiger charge is 1.84. The van der Waals surface area contributed by atoms with Crippen molar-refractivity contribution in [3.63, 3.8) is 0 Å². The molecule has 0 fully saturated rings. The highest BCUT2D eigenvalue weighted by Crippen LogP contribution is 2.04. The van der Waals surface area contributed by atoms with Gasteiger partial charge in [0, 0.05) is 5.02 Å². The van der Waals surface area contributed by atoms with E-state index in [1.165, 1.54) is 82.5 Å². The van der Waals surface area contributed by atoms with Crippen LogP contribution in [-0.4, -0.2) is 7.28 Å². The summed E-state index contributed by atoms with van der Waals surface area (Å²) in [6.07, 6.45) is 17.0. The molecule has 148 valence electrons. The molecule has 2 heteroatoms. The molecule has 0 aliphatic rings. The average molecular weight is 368 g/mol. The lowest BCUT2D eigenvalue weighted by Gasteiger charge is -1.98. The molecule has 0 spiro atoms. The lowest BCUT2D eigenvalue weighted by atomic mass is 9.74. The fourth-order valence-electron chi connectivity index (χ4n) is 2.57. The smallest absolute Gasteiger partial charge is 0.0403 e. The van der Waals surface area contributed by atoms with Crippen molar-refractivity contribution in [2.75, 3.05) is 0 Å². The first-order chi connectivity index (χ1) is 12.2. The molecule has 0 amide bonds. The zero-order valence-corrected chi connectivity index (χ0v) is 18.9. The molecule has 0 saturated carbocycles. The molecule has 0 aliphatic carbocycles. The second-order valence-electron chi connectivity index (χ2n) is 7.12. The van der Waals surface area contributed by atoms with Crippen LogP contribution in [0.4, 0.5) is 0 Å². The van der Waals surface area contributed by atoms with Crippen molar-refractivity contribution in [3.05, 3.63) is 29.3 Å². The minimum atomic E-state index is 0.123. The van der Waals surface area contributed by atoms with Crippen LogP contribution in [0.3, 0.4) is 0 Å². The summed E-state index contributed by atoms with van der Waals surface area (Å²) >= 11 is 5.68. The van der Waals surface area contributed by atoms with Crippen LogP contribution in [0.1, 0.15) is 105 Å². The lowest BCUT2D eigenvalue weighted by Crippen LogP contribution is -2.08. The Morgan fingerprint density at radius 3 is 1.16 bits per heavy atom. The molecule has 0 atom stereocenters. The van der Waals surface area contributed by atoms with Crippen molar-refractivity contribution in [3.8, 4) is 0 Å². The third-order valence-electron chi connectivity index (χ3n) is 4.50. The van der Waals surface area contributed by atoms with E-state index in [0.29, 0.717) is 0 Å².